The Morgan fingerprint density at radius 3 is 2.67 bits per heavy atom. The Bertz CT molecular complexity index is 312. The number of rotatable bonds is 5. The monoisotopic (exact) mass is 288 g/mol. The molecule has 15 heavy (non-hydrogen) atoms. The summed E-state index contributed by atoms with van der Waals surface area (Å²) < 4.78 is 6.22. The lowest BCUT2D eigenvalue weighted by atomic mass is 10.2. The number of ether oxygens (including phenoxy) is 1. The van der Waals surface area contributed by atoms with E-state index < -0.39 is 0 Å². The van der Waals surface area contributed by atoms with Crippen LogP contribution in [-0.2, 0) is 5.75 Å². The molecule has 3 heteroatoms. The predicted octanol–water partition coefficient (Wildman–Crippen LogP) is 4.35. The highest BCUT2D eigenvalue weighted by molar-refractivity contribution is 9.10. The summed E-state index contributed by atoms with van der Waals surface area (Å²) >= 11 is 5.47. The van der Waals surface area contributed by atoms with Crippen molar-refractivity contribution < 1.29 is 4.74 Å². The van der Waals surface area contributed by atoms with E-state index in [0.717, 1.165) is 21.9 Å². The first-order valence-electron chi connectivity index (χ1n) is 5.03. The number of halogens is 1. The highest BCUT2D eigenvalue weighted by Gasteiger charge is 2.02. The normalized spacial score (nSPS) is 10.7. The van der Waals surface area contributed by atoms with E-state index in [1.54, 1.807) is 7.11 Å². The fourth-order valence-electron chi connectivity index (χ4n) is 1.21. The van der Waals surface area contributed by atoms with E-state index in [1.165, 1.54) is 11.3 Å². The number of hydrogen-bond donors (Lipinski definition) is 0. The molecule has 1 aromatic rings. The Hall–Kier alpha value is -0.150. The molecule has 0 N–H and O–H groups in total. The number of benzene rings is 1. The Balaban J connectivity index is 2.52. The van der Waals surface area contributed by atoms with Gasteiger partial charge in [-0.2, -0.15) is 11.8 Å². The van der Waals surface area contributed by atoms with Crippen LogP contribution in [0.25, 0.3) is 0 Å². The summed E-state index contributed by atoms with van der Waals surface area (Å²) in [5, 5.41) is 0. The average Bonchev–Trinajstić information content (AvgIpc) is 2.17. The zero-order chi connectivity index (χ0) is 11.3. The molecule has 0 saturated heterocycles. The summed E-state index contributed by atoms with van der Waals surface area (Å²) in [6, 6.07) is 6.26. The number of methoxy groups -OCH3 is 1. The van der Waals surface area contributed by atoms with E-state index >= 15 is 0 Å². The minimum absolute atomic E-state index is 0.761. The molecule has 84 valence electrons. The highest BCUT2D eigenvalue weighted by atomic mass is 79.9. The molecule has 1 rings (SSSR count). The summed E-state index contributed by atoms with van der Waals surface area (Å²) in [7, 11) is 1.69. The molecule has 0 bridgehead atoms. The van der Waals surface area contributed by atoms with Gasteiger partial charge in [-0.15, -0.1) is 0 Å². The highest BCUT2D eigenvalue weighted by Crippen LogP contribution is 2.27. The van der Waals surface area contributed by atoms with Gasteiger partial charge in [-0.05, 0) is 45.3 Å². The van der Waals surface area contributed by atoms with Crippen molar-refractivity contribution in [1.82, 2.24) is 0 Å². The van der Waals surface area contributed by atoms with E-state index in [2.05, 4.69) is 41.9 Å². The molecule has 0 aliphatic carbocycles. The quantitative estimate of drug-likeness (QED) is 0.797. The summed E-state index contributed by atoms with van der Waals surface area (Å²) in [6.45, 7) is 4.49. The van der Waals surface area contributed by atoms with E-state index in [0.29, 0.717) is 0 Å². The second-order valence-corrected chi connectivity index (χ2v) is 5.76. The fourth-order valence-corrected chi connectivity index (χ4v) is 2.80. The molecule has 0 spiro atoms. The van der Waals surface area contributed by atoms with E-state index in [9.17, 15) is 0 Å². The molecule has 0 aliphatic heterocycles. The number of thioether (sulfide) groups is 1. The van der Waals surface area contributed by atoms with Crippen LogP contribution in [-0.4, -0.2) is 12.9 Å². The molecule has 0 amide bonds. The molecular weight excluding hydrogens is 272 g/mol. The molecule has 0 atom stereocenters. The van der Waals surface area contributed by atoms with Crippen LogP contribution >= 0.6 is 27.7 Å². The third kappa shape index (κ3) is 4.47. The maximum Gasteiger partial charge on any atom is 0.133 e. The van der Waals surface area contributed by atoms with Crippen molar-refractivity contribution in [3.63, 3.8) is 0 Å². The van der Waals surface area contributed by atoms with Gasteiger partial charge in [0.25, 0.3) is 0 Å². The zero-order valence-electron chi connectivity index (χ0n) is 9.42. The lowest BCUT2D eigenvalue weighted by Crippen LogP contribution is -1.92. The van der Waals surface area contributed by atoms with Crippen LogP contribution in [0.2, 0.25) is 0 Å². The van der Waals surface area contributed by atoms with Crippen LogP contribution in [0.3, 0.4) is 0 Å². The Morgan fingerprint density at radius 2 is 2.13 bits per heavy atom. The number of hydrogen-bond acceptors (Lipinski definition) is 2. The Morgan fingerprint density at radius 1 is 1.40 bits per heavy atom. The first-order chi connectivity index (χ1) is 7.13. The molecule has 0 aliphatic rings. The Kier molecular flexibility index (Phi) is 5.54. The molecule has 0 aromatic heterocycles. The topological polar surface area (TPSA) is 9.23 Å². The van der Waals surface area contributed by atoms with Crippen LogP contribution in [0.15, 0.2) is 22.7 Å². The maximum absolute atomic E-state index is 5.19. The largest absolute Gasteiger partial charge is 0.496 e. The zero-order valence-corrected chi connectivity index (χ0v) is 11.8. The van der Waals surface area contributed by atoms with Crippen molar-refractivity contribution in [3.8, 4) is 5.75 Å². The average molecular weight is 289 g/mol. The van der Waals surface area contributed by atoms with Crippen LogP contribution in [0.5, 0.6) is 5.75 Å². The molecule has 1 aromatic carbocycles. The van der Waals surface area contributed by atoms with Gasteiger partial charge in [-0.3, -0.25) is 0 Å². The molecule has 0 saturated carbocycles. The predicted molar refractivity (Wildman–Crippen MR) is 71.7 cm³/mol. The summed E-state index contributed by atoms with van der Waals surface area (Å²) in [4.78, 5) is 0. The van der Waals surface area contributed by atoms with Gasteiger partial charge in [-0.1, -0.05) is 19.9 Å². The van der Waals surface area contributed by atoms with Gasteiger partial charge < -0.3 is 4.74 Å². The van der Waals surface area contributed by atoms with Gasteiger partial charge >= 0.3 is 0 Å². The second-order valence-electron chi connectivity index (χ2n) is 3.88. The van der Waals surface area contributed by atoms with Gasteiger partial charge in [0.05, 0.1) is 11.6 Å². The van der Waals surface area contributed by atoms with Crippen LogP contribution in [0.4, 0.5) is 0 Å². The summed E-state index contributed by atoms with van der Waals surface area (Å²) in [5.74, 6) is 3.94. The summed E-state index contributed by atoms with van der Waals surface area (Å²) in [6.07, 6.45) is 0. The van der Waals surface area contributed by atoms with Crippen LogP contribution < -0.4 is 4.74 Å². The van der Waals surface area contributed by atoms with Gasteiger partial charge in [0, 0.05) is 5.75 Å². The minimum Gasteiger partial charge on any atom is -0.496 e. The van der Waals surface area contributed by atoms with E-state index in [-0.39, 0.29) is 0 Å². The molecule has 1 nitrogen and oxygen atoms in total. The lowest BCUT2D eigenvalue weighted by molar-refractivity contribution is 0.412. The second kappa shape index (κ2) is 6.44. The molecule has 0 heterocycles. The van der Waals surface area contributed by atoms with Crippen molar-refractivity contribution in [2.24, 2.45) is 5.92 Å². The van der Waals surface area contributed by atoms with Crippen LogP contribution in [0.1, 0.15) is 19.4 Å². The standard InChI is InChI=1S/C12H17BrOS/c1-9(2)7-15-8-10-4-5-12(14-3)11(13)6-10/h4-6,9H,7-8H2,1-3H3. The first kappa shape index (κ1) is 12.9. The van der Waals surface area contributed by atoms with Gasteiger partial charge in [0.15, 0.2) is 0 Å². The molecular formula is C12H17BrOS. The van der Waals surface area contributed by atoms with E-state index in [4.69, 9.17) is 4.74 Å². The van der Waals surface area contributed by atoms with Gasteiger partial charge in [-0.25, -0.2) is 0 Å². The lowest BCUT2D eigenvalue weighted by Gasteiger charge is -2.07. The van der Waals surface area contributed by atoms with Crippen molar-refractivity contribution >= 4 is 27.7 Å². The van der Waals surface area contributed by atoms with Gasteiger partial charge in [0.2, 0.25) is 0 Å². The minimum atomic E-state index is 0.761. The molecule has 0 unspecified atom stereocenters. The third-order valence-electron chi connectivity index (χ3n) is 1.94. The first-order valence-corrected chi connectivity index (χ1v) is 6.98. The third-order valence-corrected chi connectivity index (χ3v) is 4.00. The summed E-state index contributed by atoms with van der Waals surface area (Å²) in [5.41, 5.74) is 1.34. The van der Waals surface area contributed by atoms with Crippen molar-refractivity contribution in [2.75, 3.05) is 12.9 Å². The van der Waals surface area contributed by atoms with Gasteiger partial charge in [0.1, 0.15) is 5.75 Å². The van der Waals surface area contributed by atoms with E-state index in [1.807, 2.05) is 17.8 Å². The molecule has 0 radical (unpaired) electrons. The van der Waals surface area contributed by atoms with Crippen molar-refractivity contribution in [2.45, 2.75) is 19.6 Å². The smallest absolute Gasteiger partial charge is 0.133 e. The Labute approximate surface area is 105 Å². The molecule has 0 fully saturated rings. The maximum atomic E-state index is 5.19. The fraction of sp³-hybridized carbons (Fsp3) is 0.500. The SMILES string of the molecule is COc1ccc(CSCC(C)C)cc1Br. The van der Waals surface area contributed by atoms with Crippen LogP contribution in [0, 0.1) is 5.92 Å². The van der Waals surface area contributed by atoms with Crippen molar-refractivity contribution in [1.29, 1.82) is 0 Å². The van der Waals surface area contributed by atoms with Crippen molar-refractivity contribution in [3.05, 3.63) is 28.2 Å².